The average molecular weight is 348 g/mol. The van der Waals surface area contributed by atoms with Gasteiger partial charge in [-0.2, -0.15) is 8.42 Å². The summed E-state index contributed by atoms with van der Waals surface area (Å²) in [6.07, 6.45) is -0.796. The van der Waals surface area contributed by atoms with Crippen LogP contribution < -0.4 is 0 Å². The monoisotopic (exact) mass is 348 g/mol. The Hall–Kier alpha value is -0.150. The predicted octanol–water partition coefficient (Wildman–Crippen LogP) is 0.773. The number of rotatable bonds is 8. The molecule has 0 radical (unpaired) electrons. The third kappa shape index (κ3) is 7.92. The summed E-state index contributed by atoms with van der Waals surface area (Å²) < 4.78 is 39.5. The Kier molecular flexibility index (Phi) is 10.8. The molecule has 0 saturated carbocycles. The molecule has 0 heterocycles. The fraction of sp³-hybridized carbons (Fsp3) is 0.846. The zero-order chi connectivity index (χ0) is 16.8. The molecular weight excluding hydrogens is 323 g/mol. The zero-order valence-electron chi connectivity index (χ0n) is 13.1. The van der Waals surface area contributed by atoms with Crippen molar-refractivity contribution in [2.75, 3.05) is 13.2 Å². The van der Waals surface area contributed by atoms with Crippen LogP contribution in [0.3, 0.4) is 0 Å². The molecule has 1 unspecified atom stereocenters. The third-order valence-electron chi connectivity index (χ3n) is 2.61. The van der Waals surface area contributed by atoms with Gasteiger partial charge in [-0.15, -0.1) is 0 Å². The second-order valence-corrected chi connectivity index (χ2v) is 7.80. The van der Waals surface area contributed by atoms with Crippen LogP contribution in [0.2, 0.25) is 0 Å². The van der Waals surface area contributed by atoms with Crippen LogP contribution in [0.25, 0.3) is 0 Å². The molecule has 0 fully saturated rings. The average Bonchev–Trinajstić information content (AvgIpc) is 2.31. The summed E-state index contributed by atoms with van der Waals surface area (Å²) in [6.45, 7) is 8.20. The topological polar surface area (TPSA) is 107 Å². The van der Waals surface area contributed by atoms with E-state index < -0.39 is 33.2 Å². The van der Waals surface area contributed by atoms with Crippen LogP contribution >= 0.6 is 0 Å². The van der Waals surface area contributed by atoms with Gasteiger partial charge < -0.3 is 9.47 Å². The van der Waals surface area contributed by atoms with Crippen LogP contribution in [0, 0.1) is 11.8 Å². The van der Waals surface area contributed by atoms with Gasteiger partial charge in [-0.3, -0.25) is 14.1 Å². The number of hydrogen-bond acceptors (Lipinski definition) is 6. The molecule has 0 spiro atoms. The fourth-order valence-electron chi connectivity index (χ4n) is 1.25. The molecule has 9 heteroatoms. The van der Waals surface area contributed by atoms with E-state index in [1.165, 1.54) is 0 Å². The first-order valence-corrected chi connectivity index (χ1v) is 8.14. The van der Waals surface area contributed by atoms with Gasteiger partial charge in [-0.05, 0) is 18.8 Å². The van der Waals surface area contributed by atoms with E-state index in [-0.39, 0.29) is 54.6 Å². The Labute approximate surface area is 154 Å². The van der Waals surface area contributed by atoms with Crippen molar-refractivity contribution in [1.82, 2.24) is 0 Å². The van der Waals surface area contributed by atoms with Crippen molar-refractivity contribution < 1.29 is 32.0 Å². The summed E-state index contributed by atoms with van der Waals surface area (Å²) in [4.78, 5) is 23.6. The maximum atomic E-state index is 11.9. The van der Waals surface area contributed by atoms with Gasteiger partial charge in [-0.1, -0.05) is 27.7 Å². The van der Waals surface area contributed by atoms with E-state index in [0.717, 1.165) is 6.92 Å². The predicted molar refractivity (Wildman–Crippen MR) is 83.3 cm³/mol. The molecule has 0 saturated heterocycles. The van der Waals surface area contributed by atoms with Crippen LogP contribution in [0.4, 0.5) is 0 Å². The Morgan fingerprint density at radius 3 is 1.82 bits per heavy atom. The summed E-state index contributed by atoms with van der Waals surface area (Å²) in [7, 11) is -4.82. The molecular formula is C13H25NaO7S. The summed E-state index contributed by atoms with van der Waals surface area (Å²) >= 11 is 0. The summed E-state index contributed by atoms with van der Waals surface area (Å²) in [5.74, 6) is -1.99. The quantitative estimate of drug-likeness (QED) is 0.392. The molecule has 0 aliphatic carbocycles. The molecule has 0 amide bonds. The van der Waals surface area contributed by atoms with Gasteiger partial charge in [0.15, 0.2) is 0 Å². The molecule has 0 aliphatic rings. The van der Waals surface area contributed by atoms with Crippen LogP contribution in [0.5, 0.6) is 0 Å². The second-order valence-electron chi connectivity index (χ2n) is 5.95. The van der Waals surface area contributed by atoms with Crippen molar-refractivity contribution in [2.24, 2.45) is 11.8 Å². The summed E-state index contributed by atoms with van der Waals surface area (Å²) in [5, 5.41) is 0. The van der Waals surface area contributed by atoms with Crippen molar-refractivity contribution in [1.29, 1.82) is 0 Å². The van der Waals surface area contributed by atoms with E-state index >= 15 is 0 Å². The molecule has 1 N–H and O–H groups in total. The minimum atomic E-state index is -4.82. The number of ether oxygens (including phenoxy) is 2. The van der Waals surface area contributed by atoms with Crippen molar-refractivity contribution in [3.05, 3.63) is 0 Å². The van der Waals surface area contributed by atoms with Gasteiger partial charge in [0, 0.05) is 0 Å². The van der Waals surface area contributed by atoms with Gasteiger partial charge in [0.1, 0.15) is 0 Å². The summed E-state index contributed by atoms with van der Waals surface area (Å²) in [6, 6.07) is 0. The van der Waals surface area contributed by atoms with Gasteiger partial charge >= 0.3 is 41.5 Å². The Bertz CT molecular complexity index is 473. The number of hydrogen-bond donors (Lipinski definition) is 1. The molecule has 0 aromatic rings. The molecule has 0 aromatic heterocycles. The van der Waals surface area contributed by atoms with Crippen molar-refractivity contribution >= 4 is 51.6 Å². The molecule has 0 bridgehead atoms. The van der Waals surface area contributed by atoms with Crippen molar-refractivity contribution in [3.63, 3.8) is 0 Å². The van der Waals surface area contributed by atoms with Crippen molar-refractivity contribution in [2.45, 2.75) is 45.8 Å². The molecule has 0 rings (SSSR count). The first-order chi connectivity index (χ1) is 9.40. The fourth-order valence-corrected chi connectivity index (χ4v) is 1.82. The number of carbonyl (C=O) groups excluding carboxylic acids is 2. The SMILES string of the molecule is CC(C)COC(=O)CC(C)(C(=O)OCC(C)C)S(=O)(=O)O.[NaH]. The Morgan fingerprint density at radius 2 is 1.45 bits per heavy atom. The molecule has 0 aliphatic heterocycles. The second kappa shape index (κ2) is 9.87. The van der Waals surface area contributed by atoms with Crippen molar-refractivity contribution in [3.8, 4) is 0 Å². The maximum absolute atomic E-state index is 11.9. The molecule has 0 aromatic carbocycles. The first-order valence-electron chi connectivity index (χ1n) is 6.70. The van der Waals surface area contributed by atoms with Crippen LogP contribution in [-0.2, 0) is 29.2 Å². The van der Waals surface area contributed by atoms with E-state index in [4.69, 9.17) is 9.47 Å². The van der Waals surface area contributed by atoms with Crippen LogP contribution in [0.1, 0.15) is 41.0 Å². The first kappa shape index (κ1) is 24.1. The molecule has 126 valence electrons. The Morgan fingerprint density at radius 1 is 1.05 bits per heavy atom. The summed E-state index contributed by atoms with van der Waals surface area (Å²) in [5.41, 5.74) is 0. The van der Waals surface area contributed by atoms with E-state index in [9.17, 15) is 22.6 Å². The van der Waals surface area contributed by atoms with E-state index in [1.54, 1.807) is 13.8 Å². The molecule has 22 heavy (non-hydrogen) atoms. The van der Waals surface area contributed by atoms with Crippen LogP contribution in [-0.4, -0.2) is 72.4 Å². The van der Waals surface area contributed by atoms with Gasteiger partial charge in [0.05, 0.1) is 19.6 Å². The number of esters is 2. The standard InChI is InChI=1S/C13H24O7S.Na.H/c1-9(2)7-19-11(14)6-13(5,21(16,17)18)12(15)20-8-10(3)4;;/h9-10H,6-8H2,1-5H3,(H,16,17,18);;. The van der Waals surface area contributed by atoms with Crippen LogP contribution in [0.15, 0.2) is 0 Å². The molecule has 7 nitrogen and oxygen atoms in total. The van der Waals surface area contributed by atoms with Gasteiger partial charge in [-0.25, -0.2) is 0 Å². The Balaban J connectivity index is 0. The number of carbonyl (C=O) groups is 2. The normalized spacial score (nSPS) is 14.2. The van der Waals surface area contributed by atoms with E-state index in [2.05, 4.69) is 0 Å². The minimum absolute atomic E-state index is 0. The zero-order valence-corrected chi connectivity index (χ0v) is 13.9. The van der Waals surface area contributed by atoms with E-state index in [0.29, 0.717) is 0 Å². The third-order valence-corrected chi connectivity index (χ3v) is 4.06. The molecule has 1 atom stereocenters. The van der Waals surface area contributed by atoms with Gasteiger partial charge in [0.2, 0.25) is 4.75 Å². The van der Waals surface area contributed by atoms with E-state index in [1.807, 2.05) is 13.8 Å². The van der Waals surface area contributed by atoms with Gasteiger partial charge in [0.25, 0.3) is 10.1 Å².